The van der Waals surface area contributed by atoms with Gasteiger partial charge in [-0.15, -0.1) is 0 Å². The van der Waals surface area contributed by atoms with Crippen molar-refractivity contribution in [2.24, 2.45) is 0 Å². The van der Waals surface area contributed by atoms with E-state index in [0.717, 1.165) is 11.1 Å². The van der Waals surface area contributed by atoms with Crippen molar-refractivity contribution in [2.45, 2.75) is 6.04 Å². The summed E-state index contributed by atoms with van der Waals surface area (Å²) in [6, 6.07) is 10.6. The number of halogens is 1. The van der Waals surface area contributed by atoms with Gasteiger partial charge in [-0.25, -0.2) is 4.39 Å². The number of pyridine rings is 1. The molecule has 0 spiro atoms. The lowest BCUT2D eigenvalue weighted by Gasteiger charge is -2.28. The average Bonchev–Trinajstić information content (AvgIpc) is 3.13. The van der Waals surface area contributed by atoms with Gasteiger partial charge in [0.25, 0.3) is 11.8 Å². The second-order valence-corrected chi connectivity index (χ2v) is 5.39. The number of hydrogen-bond acceptors (Lipinski definition) is 5. The van der Waals surface area contributed by atoms with Gasteiger partial charge in [-0.05, 0) is 34.5 Å². The predicted molar refractivity (Wildman–Crippen MR) is 87.6 cm³/mol. The number of benzene rings is 1. The first-order valence-corrected chi connectivity index (χ1v) is 7.53. The Morgan fingerprint density at radius 3 is 2.60 bits per heavy atom. The van der Waals surface area contributed by atoms with Gasteiger partial charge < -0.3 is 14.2 Å². The van der Waals surface area contributed by atoms with Crippen LogP contribution in [0.25, 0.3) is 0 Å². The quantitative estimate of drug-likeness (QED) is 0.713. The largest absolute Gasteiger partial charge is 0.479 e. The minimum atomic E-state index is -0.460. The number of aromatic nitrogens is 2. The predicted octanol–water partition coefficient (Wildman–Crippen LogP) is 3.08. The highest BCUT2D eigenvalue weighted by atomic mass is 19.1. The second-order valence-electron chi connectivity index (χ2n) is 5.39. The first-order valence-electron chi connectivity index (χ1n) is 7.53. The molecule has 1 aromatic carbocycles. The molecule has 0 saturated heterocycles. The number of rotatable bonds is 5. The van der Waals surface area contributed by atoms with E-state index in [9.17, 15) is 9.18 Å². The molecule has 0 aliphatic carbocycles. The smallest absolute Gasteiger partial charge is 0.293 e. The lowest BCUT2D eigenvalue weighted by molar-refractivity contribution is 0.0712. The van der Waals surface area contributed by atoms with E-state index in [2.05, 4.69) is 10.1 Å². The molecule has 7 heteroatoms. The Morgan fingerprint density at radius 1 is 1.24 bits per heavy atom. The van der Waals surface area contributed by atoms with Crippen LogP contribution in [0.4, 0.5) is 4.39 Å². The Bertz CT molecular complexity index is 850. The molecule has 0 saturated carbocycles. The molecule has 3 aromatic rings. The van der Waals surface area contributed by atoms with Crippen molar-refractivity contribution in [3.05, 3.63) is 77.6 Å². The van der Waals surface area contributed by atoms with E-state index < -0.39 is 6.04 Å². The summed E-state index contributed by atoms with van der Waals surface area (Å²) in [6.07, 6.45) is 3.31. The van der Waals surface area contributed by atoms with E-state index in [-0.39, 0.29) is 23.4 Å². The number of ether oxygens (including phenoxy) is 1. The third kappa shape index (κ3) is 3.50. The van der Waals surface area contributed by atoms with Crippen LogP contribution in [-0.4, -0.2) is 35.1 Å². The third-order valence-electron chi connectivity index (χ3n) is 3.80. The van der Waals surface area contributed by atoms with Crippen LogP contribution in [0.3, 0.4) is 0 Å². The van der Waals surface area contributed by atoms with Crippen molar-refractivity contribution in [2.75, 3.05) is 14.2 Å². The number of hydrogen-bond donors (Lipinski definition) is 0. The van der Waals surface area contributed by atoms with Crippen molar-refractivity contribution >= 4 is 5.91 Å². The standard InChI is InChI=1S/C18H16FN3O3/c1-22(18(23)15-10-16(24-2)21-25-15)17(13-4-3-9-20-11-13)12-5-7-14(19)8-6-12/h3-11,17H,1-2H3/t17-/m0/s1. The Kier molecular flexibility index (Phi) is 4.74. The van der Waals surface area contributed by atoms with Gasteiger partial charge in [-0.2, -0.15) is 0 Å². The molecule has 1 atom stereocenters. The lowest BCUT2D eigenvalue weighted by Crippen LogP contribution is -2.31. The number of carbonyl (C=O) groups excluding carboxylic acids is 1. The van der Waals surface area contributed by atoms with Gasteiger partial charge in [-0.3, -0.25) is 9.78 Å². The van der Waals surface area contributed by atoms with Crippen LogP contribution in [0.1, 0.15) is 27.7 Å². The monoisotopic (exact) mass is 341 g/mol. The van der Waals surface area contributed by atoms with Crippen molar-refractivity contribution in [1.29, 1.82) is 0 Å². The van der Waals surface area contributed by atoms with E-state index in [1.165, 1.54) is 30.2 Å². The Hall–Kier alpha value is -3.22. The summed E-state index contributed by atoms with van der Waals surface area (Å²) in [4.78, 5) is 18.4. The molecule has 0 aliphatic heterocycles. The Morgan fingerprint density at radius 2 is 2.00 bits per heavy atom. The van der Waals surface area contributed by atoms with Gasteiger partial charge in [0, 0.05) is 19.4 Å². The maximum absolute atomic E-state index is 13.3. The maximum atomic E-state index is 13.3. The van der Waals surface area contributed by atoms with Gasteiger partial charge in [-0.1, -0.05) is 18.2 Å². The molecule has 0 aliphatic rings. The van der Waals surface area contributed by atoms with E-state index in [1.54, 1.807) is 37.6 Å². The third-order valence-corrected chi connectivity index (χ3v) is 3.80. The van der Waals surface area contributed by atoms with Crippen molar-refractivity contribution in [1.82, 2.24) is 15.0 Å². The summed E-state index contributed by atoms with van der Waals surface area (Å²) >= 11 is 0. The maximum Gasteiger partial charge on any atom is 0.293 e. The van der Waals surface area contributed by atoms with Crippen LogP contribution in [0.15, 0.2) is 59.4 Å². The molecule has 0 bridgehead atoms. The number of amides is 1. The molecule has 6 nitrogen and oxygen atoms in total. The van der Waals surface area contributed by atoms with Crippen LogP contribution in [0.2, 0.25) is 0 Å². The Labute approximate surface area is 143 Å². The van der Waals surface area contributed by atoms with Crippen molar-refractivity contribution in [3.63, 3.8) is 0 Å². The fourth-order valence-electron chi connectivity index (χ4n) is 2.57. The molecule has 3 rings (SSSR count). The van der Waals surface area contributed by atoms with E-state index in [1.807, 2.05) is 6.07 Å². The van der Waals surface area contributed by atoms with E-state index >= 15 is 0 Å². The first-order chi connectivity index (χ1) is 12.1. The average molecular weight is 341 g/mol. The fourth-order valence-corrected chi connectivity index (χ4v) is 2.57. The van der Waals surface area contributed by atoms with Gasteiger partial charge in [0.2, 0.25) is 5.76 Å². The molecule has 2 aromatic heterocycles. The molecular formula is C18H16FN3O3. The molecule has 0 fully saturated rings. The number of nitrogens with zero attached hydrogens (tertiary/aromatic N) is 3. The summed E-state index contributed by atoms with van der Waals surface area (Å²) in [5.74, 6) is -0.455. The van der Waals surface area contributed by atoms with Gasteiger partial charge in [0.05, 0.1) is 19.2 Å². The van der Waals surface area contributed by atoms with Crippen LogP contribution in [0, 0.1) is 5.82 Å². The lowest BCUT2D eigenvalue weighted by atomic mass is 9.98. The minimum Gasteiger partial charge on any atom is -0.479 e. The number of methoxy groups -OCH3 is 1. The molecule has 1 amide bonds. The van der Waals surface area contributed by atoms with Gasteiger partial charge in [0.1, 0.15) is 5.82 Å². The van der Waals surface area contributed by atoms with Gasteiger partial charge in [0.15, 0.2) is 0 Å². The summed E-state index contributed by atoms with van der Waals surface area (Å²) in [7, 11) is 3.07. The van der Waals surface area contributed by atoms with E-state index in [0.29, 0.717) is 0 Å². The summed E-state index contributed by atoms with van der Waals surface area (Å²) in [5.41, 5.74) is 1.54. The van der Waals surface area contributed by atoms with Crippen molar-refractivity contribution < 1.29 is 18.4 Å². The molecular weight excluding hydrogens is 325 g/mol. The summed E-state index contributed by atoms with van der Waals surface area (Å²) in [6.45, 7) is 0. The topological polar surface area (TPSA) is 68.5 Å². The number of carbonyl (C=O) groups is 1. The van der Waals surface area contributed by atoms with Crippen LogP contribution in [-0.2, 0) is 0 Å². The molecule has 25 heavy (non-hydrogen) atoms. The van der Waals surface area contributed by atoms with Gasteiger partial charge >= 0.3 is 0 Å². The van der Waals surface area contributed by atoms with Crippen LogP contribution < -0.4 is 4.74 Å². The van der Waals surface area contributed by atoms with Crippen LogP contribution in [0.5, 0.6) is 5.88 Å². The zero-order chi connectivity index (χ0) is 17.8. The fraction of sp³-hybridized carbons (Fsp3) is 0.167. The molecule has 0 unspecified atom stereocenters. The second kappa shape index (κ2) is 7.12. The zero-order valence-corrected chi connectivity index (χ0v) is 13.7. The minimum absolute atomic E-state index is 0.0513. The molecule has 128 valence electrons. The molecule has 0 radical (unpaired) electrons. The van der Waals surface area contributed by atoms with Crippen LogP contribution >= 0.6 is 0 Å². The summed E-state index contributed by atoms with van der Waals surface area (Å²) in [5, 5.41) is 3.65. The normalized spacial score (nSPS) is 11.8. The highest BCUT2D eigenvalue weighted by Crippen LogP contribution is 2.29. The van der Waals surface area contributed by atoms with E-state index in [4.69, 9.17) is 9.26 Å². The first kappa shape index (κ1) is 16.6. The van der Waals surface area contributed by atoms with Crippen molar-refractivity contribution in [3.8, 4) is 5.88 Å². The SMILES string of the molecule is COc1cc(C(=O)N(C)[C@@H](c2ccc(F)cc2)c2cccnc2)on1. The highest BCUT2D eigenvalue weighted by molar-refractivity contribution is 5.92. The highest BCUT2D eigenvalue weighted by Gasteiger charge is 2.27. The Balaban J connectivity index is 1.98. The summed E-state index contributed by atoms with van der Waals surface area (Å²) < 4.78 is 23.3. The molecule has 0 N–H and O–H groups in total. The zero-order valence-electron chi connectivity index (χ0n) is 13.7. The molecule has 2 heterocycles.